The molecule has 0 spiro atoms. The number of carbonyl (C=O) groups is 3. The van der Waals surface area contributed by atoms with Gasteiger partial charge in [-0.2, -0.15) is 0 Å². The van der Waals surface area contributed by atoms with Gasteiger partial charge in [-0.1, -0.05) is 12.1 Å². The molecule has 2 aromatic heterocycles. The Morgan fingerprint density at radius 1 is 0.955 bits per heavy atom. The molecule has 2 aliphatic rings. The van der Waals surface area contributed by atoms with Gasteiger partial charge in [0.2, 0.25) is 11.8 Å². The minimum Gasteiger partial charge on any atom is -0.490 e. The molecule has 0 bridgehead atoms. The zero-order valence-electron chi connectivity index (χ0n) is 24.8. The number of piperazine rings is 1. The average Bonchev–Trinajstić information content (AvgIpc) is 3.04. The smallest absolute Gasteiger partial charge is 0.306 e. The van der Waals surface area contributed by atoms with E-state index in [1.165, 1.54) is 0 Å². The molecule has 2 atom stereocenters. The van der Waals surface area contributed by atoms with E-state index >= 15 is 0 Å². The van der Waals surface area contributed by atoms with Gasteiger partial charge in [-0.25, -0.2) is 0 Å². The molecule has 4 heterocycles. The summed E-state index contributed by atoms with van der Waals surface area (Å²) in [5.41, 5.74) is 1.67. The van der Waals surface area contributed by atoms with Gasteiger partial charge in [0.15, 0.2) is 0 Å². The predicted octanol–water partition coefficient (Wildman–Crippen LogP) is 1.04. The van der Waals surface area contributed by atoms with Crippen LogP contribution in [0.25, 0.3) is 10.9 Å². The molecule has 5 rings (SSSR count). The third-order valence-corrected chi connectivity index (χ3v) is 8.29. The summed E-state index contributed by atoms with van der Waals surface area (Å²) in [5, 5.41) is 23.8. The summed E-state index contributed by atoms with van der Waals surface area (Å²) in [6.45, 7) is 4.19. The summed E-state index contributed by atoms with van der Waals surface area (Å²) in [6, 6.07) is 12.4. The number of aromatic nitrogens is 2. The molecule has 234 valence electrons. The molecule has 3 aromatic rings. The van der Waals surface area contributed by atoms with Crippen molar-refractivity contribution in [3.8, 4) is 5.75 Å². The first kappa shape index (κ1) is 31.3. The monoisotopic (exact) mass is 604 g/mol. The van der Waals surface area contributed by atoms with E-state index in [-0.39, 0.29) is 25.0 Å². The Kier molecular flexibility index (Phi) is 10.7. The number of nitrogens with zero attached hydrogens (tertiary/aromatic N) is 5. The molecule has 2 aliphatic heterocycles. The third kappa shape index (κ3) is 8.49. The fraction of sp³-hybridized carbons (Fsp3) is 0.469. The number of piperidine rings is 1. The lowest BCUT2D eigenvalue weighted by atomic mass is 9.96. The quantitative estimate of drug-likeness (QED) is 0.274. The van der Waals surface area contributed by atoms with E-state index in [0.717, 1.165) is 16.5 Å². The van der Waals surface area contributed by atoms with Crippen LogP contribution in [0.15, 0.2) is 61.1 Å². The maximum atomic E-state index is 13.4. The molecule has 1 aromatic carbocycles. The van der Waals surface area contributed by atoms with E-state index in [9.17, 15) is 24.6 Å². The van der Waals surface area contributed by atoms with Crippen LogP contribution in [0, 0.1) is 5.92 Å². The van der Waals surface area contributed by atoms with Gasteiger partial charge in [0.05, 0.1) is 18.0 Å². The number of aliphatic hydroxyl groups excluding tert-OH is 1. The number of aliphatic hydroxyl groups is 1. The van der Waals surface area contributed by atoms with Gasteiger partial charge in [-0.3, -0.25) is 34.2 Å². The highest BCUT2D eigenvalue weighted by atomic mass is 16.5. The molecule has 0 aliphatic carbocycles. The number of hydrogen-bond acceptors (Lipinski definition) is 9. The van der Waals surface area contributed by atoms with Crippen molar-refractivity contribution in [1.82, 2.24) is 30.0 Å². The lowest BCUT2D eigenvalue weighted by molar-refractivity contribution is -0.146. The van der Waals surface area contributed by atoms with Gasteiger partial charge in [0.25, 0.3) is 0 Å². The van der Waals surface area contributed by atoms with E-state index < -0.39 is 24.0 Å². The number of nitrogens with one attached hydrogen (secondary N) is 1. The molecule has 2 amide bonds. The number of carbonyl (C=O) groups excluding carboxylic acids is 2. The number of rotatable bonds is 12. The highest BCUT2D eigenvalue weighted by Crippen LogP contribution is 2.24. The van der Waals surface area contributed by atoms with E-state index in [4.69, 9.17) is 4.74 Å². The van der Waals surface area contributed by atoms with Crippen LogP contribution in [0.3, 0.4) is 0 Å². The summed E-state index contributed by atoms with van der Waals surface area (Å²) in [7, 11) is 0. The fourth-order valence-electron chi connectivity index (χ4n) is 5.83. The minimum atomic E-state index is -0.834. The van der Waals surface area contributed by atoms with Crippen LogP contribution in [-0.2, 0) is 20.8 Å². The number of pyridine rings is 2. The zero-order valence-corrected chi connectivity index (χ0v) is 24.8. The van der Waals surface area contributed by atoms with Gasteiger partial charge in [-0.15, -0.1) is 0 Å². The summed E-state index contributed by atoms with van der Waals surface area (Å²) < 4.78 is 5.91. The number of aliphatic carboxylic acids is 1. The first-order valence-corrected chi connectivity index (χ1v) is 15.1. The number of benzene rings is 1. The van der Waals surface area contributed by atoms with Crippen LogP contribution in [0.4, 0.5) is 0 Å². The normalized spacial score (nSPS) is 18.1. The first-order chi connectivity index (χ1) is 21.4. The van der Waals surface area contributed by atoms with Gasteiger partial charge >= 0.3 is 5.97 Å². The van der Waals surface area contributed by atoms with Crippen molar-refractivity contribution in [2.45, 2.75) is 31.4 Å². The number of fused-ring (bicyclic) bond motifs is 1. The van der Waals surface area contributed by atoms with E-state index in [1.807, 2.05) is 41.3 Å². The van der Waals surface area contributed by atoms with Crippen molar-refractivity contribution < 1.29 is 29.3 Å². The average molecular weight is 605 g/mol. The van der Waals surface area contributed by atoms with Gasteiger partial charge in [0, 0.05) is 76.2 Å². The highest BCUT2D eigenvalue weighted by molar-refractivity contribution is 5.89. The molecular formula is C32H40N6O6. The number of carboxylic acids is 1. The summed E-state index contributed by atoms with van der Waals surface area (Å²) >= 11 is 0. The van der Waals surface area contributed by atoms with Gasteiger partial charge < -0.3 is 25.2 Å². The number of ether oxygens (including phenoxy) is 1. The Morgan fingerprint density at radius 2 is 1.70 bits per heavy atom. The summed E-state index contributed by atoms with van der Waals surface area (Å²) in [6.07, 6.45) is 5.52. The Labute approximate surface area is 256 Å². The van der Waals surface area contributed by atoms with Crippen LogP contribution in [0.5, 0.6) is 5.75 Å². The van der Waals surface area contributed by atoms with Crippen LogP contribution in [0.1, 0.15) is 18.4 Å². The number of β-amino-alcohol motifs (C(OH)–C–C–N with tert-alkyl or cyclic N) is 1. The van der Waals surface area contributed by atoms with Crippen LogP contribution in [0.2, 0.25) is 0 Å². The second-order valence-corrected chi connectivity index (χ2v) is 11.5. The first-order valence-electron chi connectivity index (χ1n) is 15.1. The molecular weight excluding hydrogens is 564 g/mol. The third-order valence-electron chi connectivity index (χ3n) is 8.29. The van der Waals surface area contributed by atoms with Gasteiger partial charge in [0.1, 0.15) is 24.5 Å². The highest BCUT2D eigenvalue weighted by Gasteiger charge is 2.32. The van der Waals surface area contributed by atoms with Crippen molar-refractivity contribution in [3.63, 3.8) is 0 Å². The molecule has 2 saturated heterocycles. The topological polar surface area (TPSA) is 148 Å². The van der Waals surface area contributed by atoms with Crippen LogP contribution < -0.4 is 10.1 Å². The Morgan fingerprint density at radius 3 is 2.43 bits per heavy atom. The lowest BCUT2D eigenvalue weighted by Crippen LogP contribution is -2.55. The Hall–Kier alpha value is -4.13. The Bertz CT molecular complexity index is 1400. The maximum Gasteiger partial charge on any atom is 0.306 e. The van der Waals surface area contributed by atoms with E-state index in [0.29, 0.717) is 70.8 Å². The van der Waals surface area contributed by atoms with Crippen molar-refractivity contribution in [2.75, 3.05) is 59.0 Å². The summed E-state index contributed by atoms with van der Waals surface area (Å²) in [5.74, 6) is -1.03. The standard InChI is InChI=1S/C32H40N6O6/c39-25(22-44-29-7-1-6-27-26(29)5-3-11-34-27)20-36-14-16-37(17-15-36)21-30(40)35-28(18-23-4-2-10-33-19-23)31(41)38-12-8-24(9-13-38)32(42)43/h1-7,10-11,19,24-25,28,39H,8-9,12-18,20-22H2,(H,35,40)(H,42,43)/t25-,28+/m1/s1. The molecule has 3 N–H and O–H groups in total. The van der Waals surface area contributed by atoms with Crippen LogP contribution in [-0.4, -0.2) is 124 Å². The zero-order chi connectivity index (χ0) is 30.9. The van der Waals surface area contributed by atoms with Crippen LogP contribution >= 0.6 is 0 Å². The second-order valence-electron chi connectivity index (χ2n) is 11.5. The fourth-order valence-corrected chi connectivity index (χ4v) is 5.83. The maximum absolute atomic E-state index is 13.4. The number of likely N-dealkylation sites (tertiary alicyclic amines) is 1. The van der Waals surface area contributed by atoms with Crippen molar-refractivity contribution >= 4 is 28.7 Å². The van der Waals surface area contributed by atoms with Crippen molar-refractivity contribution in [2.24, 2.45) is 5.92 Å². The number of hydrogen-bond donors (Lipinski definition) is 3. The predicted molar refractivity (Wildman–Crippen MR) is 163 cm³/mol. The molecule has 0 unspecified atom stereocenters. The van der Waals surface area contributed by atoms with Gasteiger partial charge in [-0.05, 0) is 48.7 Å². The molecule has 2 fully saturated rings. The SMILES string of the molecule is O=C(CN1CCN(C[C@@H](O)COc2cccc3ncccc23)CC1)N[C@@H](Cc1cccnc1)C(=O)N1CCC(C(=O)O)CC1. The molecule has 0 radical (unpaired) electrons. The molecule has 12 nitrogen and oxygen atoms in total. The minimum absolute atomic E-state index is 0.159. The van der Waals surface area contributed by atoms with E-state index in [1.54, 1.807) is 29.6 Å². The molecule has 44 heavy (non-hydrogen) atoms. The van der Waals surface area contributed by atoms with Crippen molar-refractivity contribution in [1.29, 1.82) is 0 Å². The molecule has 0 saturated carbocycles. The van der Waals surface area contributed by atoms with Crippen molar-refractivity contribution in [3.05, 3.63) is 66.6 Å². The number of carboxylic acid groups (broad SMARTS) is 1. The van der Waals surface area contributed by atoms with E-state index in [2.05, 4.69) is 20.2 Å². The number of amides is 2. The second kappa shape index (κ2) is 15.0. The largest absolute Gasteiger partial charge is 0.490 e. The summed E-state index contributed by atoms with van der Waals surface area (Å²) in [4.78, 5) is 52.2. The Balaban J connectivity index is 1.08. The lowest BCUT2D eigenvalue weighted by Gasteiger charge is -2.36. The molecule has 12 heteroatoms.